The molecule has 404 valence electrons. The fraction of sp³-hybridized carbons (Fsp3) is 0.727. The van der Waals surface area contributed by atoms with E-state index in [0.717, 1.165) is 96.3 Å². The van der Waals surface area contributed by atoms with Crippen molar-refractivity contribution in [3.63, 3.8) is 0 Å². The average Bonchev–Trinajstić information content (AvgIpc) is 3.37. The van der Waals surface area contributed by atoms with Gasteiger partial charge in [0.05, 0.1) is 0 Å². The molecular formula is C66H111O4P. The second-order valence-corrected chi connectivity index (χ2v) is 23.0. The van der Waals surface area contributed by atoms with Crippen LogP contribution in [0.5, 0.6) is 17.2 Å². The maximum atomic E-state index is 16.9. The van der Waals surface area contributed by atoms with Gasteiger partial charge >= 0.3 is 7.82 Å². The molecule has 71 heavy (non-hydrogen) atoms. The summed E-state index contributed by atoms with van der Waals surface area (Å²) in [6, 6.07) is 19.8. The summed E-state index contributed by atoms with van der Waals surface area (Å²) < 4.78 is 39.0. The third kappa shape index (κ3) is 19.8. The first-order valence-electron chi connectivity index (χ1n) is 30.7. The molecule has 0 spiro atoms. The summed E-state index contributed by atoms with van der Waals surface area (Å²) in [5.74, 6) is 4.04. The lowest BCUT2D eigenvalue weighted by atomic mass is 9.80. The van der Waals surface area contributed by atoms with Crippen molar-refractivity contribution in [2.24, 2.45) is 0 Å². The van der Waals surface area contributed by atoms with Gasteiger partial charge in [0, 0.05) is 16.7 Å². The van der Waals surface area contributed by atoms with Gasteiger partial charge in [0.2, 0.25) is 0 Å². The van der Waals surface area contributed by atoms with Crippen molar-refractivity contribution in [3.8, 4) is 17.2 Å². The Morgan fingerprint density at radius 2 is 0.521 bits per heavy atom. The van der Waals surface area contributed by atoms with Crippen LogP contribution in [0.25, 0.3) is 0 Å². The van der Waals surface area contributed by atoms with E-state index in [1.54, 1.807) is 0 Å². The Balaban J connectivity index is 2.52. The average molecular weight is 1000 g/mol. The molecule has 6 unspecified atom stereocenters. The molecule has 0 aliphatic rings. The zero-order valence-electron chi connectivity index (χ0n) is 48.5. The summed E-state index contributed by atoms with van der Waals surface area (Å²) >= 11 is 0. The summed E-state index contributed by atoms with van der Waals surface area (Å²) in [5.41, 5.74) is 7.77. The molecule has 0 aliphatic carbocycles. The molecule has 0 aliphatic heterocycles. The van der Waals surface area contributed by atoms with E-state index in [-0.39, 0.29) is 17.8 Å². The van der Waals surface area contributed by atoms with Crippen molar-refractivity contribution >= 4 is 7.82 Å². The van der Waals surface area contributed by atoms with E-state index in [1.807, 2.05) is 0 Å². The summed E-state index contributed by atoms with van der Waals surface area (Å²) in [7, 11) is -4.47. The third-order valence-corrected chi connectivity index (χ3v) is 17.6. The van der Waals surface area contributed by atoms with Gasteiger partial charge in [-0.15, -0.1) is 0 Å². The van der Waals surface area contributed by atoms with Crippen molar-refractivity contribution in [1.82, 2.24) is 0 Å². The molecule has 0 amide bonds. The molecule has 3 aromatic carbocycles. The van der Waals surface area contributed by atoms with Crippen LogP contribution in [0.2, 0.25) is 0 Å². The van der Waals surface area contributed by atoms with Crippen molar-refractivity contribution < 1.29 is 18.1 Å². The van der Waals surface area contributed by atoms with Crippen LogP contribution in [0.3, 0.4) is 0 Å². The second-order valence-electron chi connectivity index (χ2n) is 21.6. The summed E-state index contributed by atoms with van der Waals surface area (Å²) in [6.45, 7) is 27.8. The normalized spacial score (nSPS) is 15.2. The Morgan fingerprint density at radius 1 is 0.310 bits per heavy atom. The first-order chi connectivity index (χ1) is 34.6. The second kappa shape index (κ2) is 36.3. The zero-order valence-corrected chi connectivity index (χ0v) is 49.3. The standard InChI is InChI=1S/C66H111O4P/c1-13-25-31-40-52(19-7)58-46-37-49-61(64(58)55(22-10)43-34-28-16-4)68-71(67,69-62-50-38-47-59(53(20-8)41-32-26-14-2)65(62)56(23-11)44-35-29-17-5)70-63-51-39-48-60(54(21-9)42-33-27-15-3)66(63)57(24-12)45-36-30-18-6/h37-39,46-57H,13-36,40-45H2,1-12H3. The third-order valence-electron chi connectivity index (χ3n) is 16.4. The molecule has 0 bridgehead atoms. The van der Waals surface area contributed by atoms with Crippen molar-refractivity contribution in [1.29, 1.82) is 0 Å². The van der Waals surface area contributed by atoms with Crippen LogP contribution < -0.4 is 13.6 Å². The quantitative estimate of drug-likeness (QED) is 0.0419. The Kier molecular flexibility index (Phi) is 32.0. The Labute approximate surface area is 440 Å². The van der Waals surface area contributed by atoms with Gasteiger partial charge in [-0.1, -0.05) is 235 Å². The molecule has 0 radical (unpaired) electrons. The molecule has 0 fully saturated rings. The molecule has 0 saturated heterocycles. The Bertz CT molecular complexity index is 1670. The minimum absolute atomic E-state index is 0.271. The van der Waals surface area contributed by atoms with Crippen molar-refractivity contribution in [2.75, 3.05) is 0 Å². The van der Waals surface area contributed by atoms with E-state index in [9.17, 15) is 0 Å². The van der Waals surface area contributed by atoms with E-state index < -0.39 is 7.82 Å². The predicted molar refractivity (Wildman–Crippen MR) is 312 cm³/mol. The number of hydrogen-bond acceptors (Lipinski definition) is 4. The number of phosphoric ester groups is 1. The topological polar surface area (TPSA) is 44.8 Å². The minimum Gasteiger partial charge on any atom is -0.386 e. The highest BCUT2D eigenvalue weighted by molar-refractivity contribution is 7.49. The number of unbranched alkanes of at least 4 members (excludes halogenated alkanes) is 12. The van der Waals surface area contributed by atoms with Crippen LogP contribution in [0, 0.1) is 0 Å². The lowest BCUT2D eigenvalue weighted by Gasteiger charge is -2.31. The van der Waals surface area contributed by atoms with Gasteiger partial charge in [-0.2, -0.15) is 4.57 Å². The van der Waals surface area contributed by atoms with Crippen LogP contribution in [0.1, 0.15) is 345 Å². The lowest BCUT2D eigenvalue weighted by Crippen LogP contribution is -2.16. The van der Waals surface area contributed by atoms with Gasteiger partial charge in [-0.05, 0) is 147 Å². The molecular weight excluding hydrogens is 888 g/mol. The number of benzene rings is 3. The highest BCUT2D eigenvalue weighted by Crippen LogP contribution is 2.57. The van der Waals surface area contributed by atoms with Crippen LogP contribution in [-0.2, 0) is 4.57 Å². The van der Waals surface area contributed by atoms with Crippen LogP contribution in [-0.4, -0.2) is 0 Å². The number of phosphoric acid groups is 1. The Hall–Kier alpha value is -2.71. The van der Waals surface area contributed by atoms with Gasteiger partial charge in [-0.3, -0.25) is 0 Å². The fourth-order valence-electron chi connectivity index (χ4n) is 12.0. The molecule has 4 nitrogen and oxygen atoms in total. The van der Waals surface area contributed by atoms with E-state index in [1.165, 1.54) is 130 Å². The molecule has 0 N–H and O–H groups in total. The molecule has 0 saturated carbocycles. The van der Waals surface area contributed by atoms with Crippen molar-refractivity contribution in [2.45, 2.75) is 311 Å². The van der Waals surface area contributed by atoms with Crippen LogP contribution in [0.4, 0.5) is 0 Å². The fourth-order valence-corrected chi connectivity index (χ4v) is 13.3. The summed E-state index contributed by atoms with van der Waals surface area (Å²) in [4.78, 5) is 0. The lowest BCUT2D eigenvalue weighted by molar-refractivity contribution is 0.291. The zero-order chi connectivity index (χ0) is 51.9. The van der Waals surface area contributed by atoms with Crippen LogP contribution >= 0.6 is 7.82 Å². The molecule has 3 rings (SSSR count). The van der Waals surface area contributed by atoms with Gasteiger partial charge in [0.1, 0.15) is 17.2 Å². The van der Waals surface area contributed by atoms with Crippen LogP contribution in [0.15, 0.2) is 54.6 Å². The van der Waals surface area contributed by atoms with E-state index in [4.69, 9.17) is 13.6 Å². The molecule has 0 heterocycles. The monoisotopic (exact) mass is 999 g/mol. The molecule has 3 aromatic rings. The smallest absolute Gasteiger partial charge is 0.386 e. The van der Waals surface area contributed by atoms with E-state index in [0.29, 0.717) is 35.0 Å². The number of hydrogen-bond donors (Lipinski definition) is 0. The summed E-state index contributed by atoms with van der Waals surface area (Å²) in [5, 5.41) is 0. The Morgan fingerprint density at radius 3 is 0.718 bits per heavy atom. The van der Waals surface area contributed by atoms with E-state index in [2.05, 4.69) is 138 Å². The number of rotatable bonds is 42. The van der Waals surface area contributed by atoms with E-state index >= 15 is 4.57 Å². The largest absolute Gasteiger partial charge is 0.647 e. The van der Waals surface area contributed by atoms with Gasteiger partial charge < -0.3 is 13.6 Å². The first kappa shape index (κ1) is 62.6. The van der Waals surface area contributed by atoms with Gasteiger partial charge in [-0.25, -0.2) is 0 Å². The predicted octanol–water partition coefficient (Wildman–Crippen LogP) is 23.8. The SMILES string of the molecule is CCCCCC(CC)c1cccc(OP(=O)(Oc2cccc(C(CC)CCCCC)c2C(CC)CCCCC)Oc2cccc(C(CC)CCCCC)c2C(CC)CCCCC)c1C(CC)CCCCC. The highest BCUT2D eigenvalue weighted by atomic mass is 31.2. The molecule has 5 heteroatoms. The minimum atomic E-state index is -4.47. The maximum absolute atomic E-state index is 16.9. The maximum Gasteiger partial charge on any atom is 0.647 e. The van der Waals surface area contributed by atoms with Gasteiger partial charge in [0.15, 0.2) is 0 Å². The highest BCUT2D eigenvalue weighted by Gasteiger charge is 2.39. The van der Waals surface area contributed by atoms with Gasteiger partial charge in [0.25, 0.3) is 0 Å². The van der Waals surface area contributed by atoms with Crippen molar-refractivity contribution in [3.05, 3.63) is 88.0 Å². The summed E-state index contributed by atoms with van der Waals surface area (Å²) in [6.07, 6.45) is 34.4. The molecule has 6 atom stereocenters. The molecule has 0 aromatic heterocycles. The first-order valence-corrected chi connectivity index (χ1v) is 32.2.